The number of aromatic nitrogens is 5. The Bertz CT molecular complexity index is 1630. The first-order valence-electron chi connectivity index (χ1n) is 12.5. The van der Waals surface area contributed by atoms with Crippen LogP contribution in [-0.4, -0.2) is 60.6 Å². The lowest BCUT2D eigenvalue weighted by molar-refractivity contribution is -0.135. The van der Waals surface area contributed by atoms with Gasteiger partial charge in [-0.1, -0.05) is 23.2 Å². The maximum Gasteiger partial charge on any atom is 0.255 e. The number of hydrogen-bond donors (Lipinski definition) is 2. The number of carbonyl (C=O) groups excluding carboxylic acids is 2. The van der Waals surface area contributed by atoms with Gasteiger partial charge in [0, 0.05) is 37.6 Å². The fourth-order valence-corrected chi connectivity index (χ4v) is 5.40. The molecule has 2 aliphatic rings. The molecule has 0 bridgehead atoms. The summed E-state index contributed by atoms with van der Waals surface area (Å²) in [5.74, 6) is -0.375. The van der Waals surface area contributed by atoms with Crippen molar-refractivity contribution in [3.63, 3.8) is 0 Å². The zero-order chi connectivity index (χ0) is 26.6. The minimum absolute atomic E-state index is 0.0174. The number of halogens is 2. The van der Waals surface area contributed by atoms with Gasteiger partial charge in [0.2, 0.25) is 5.91 Å². The first-order valence-corrected chi connectivity index (χ1v) is 13.2. The summed E-state index contributed by atoms with van der Waals surface area (Å²) in [5, 5.41) is 18.3. The van der Waals surface area contributed by atoms with Crippen LogP contribution in [-0.2, 0) is 11.8 Å². The number of rotatable bonds is 5. The largest absolute Gasteiger partial charge is 0.344 e. The Morgan fingerprint density at radius 2 is 1.92 bits per heavy atom. The van der Waals surface area contributed by atoms with Gasteiger partial charge < -0.3 is 15.2 Å². The molecule has 38 heavy (non-hydrogen) atoms. The van der Waals surface area contributed by atoms with Gasteiger partial charge in [-0.3, -0.25) is 14.3 Å². The Morgan fingerprint density at radius 1 is 1.18 bits per heavy atom. The van der Waals surface area contributed by atoms with E-state index in [-0.39, 0.29) is 23.7 Å². The monoisotopic (exact) mass is 550 g/mol. The highest BCUT2D eigenvalue weighted by Gasteiger charge is 2.40. The lowest BCUT2D eigenvalue weighted by Gasteiger charge is -2.32. The van der Waals surface area contributed by atoms with Gasteiger partial charge in [0.1, 0.15) is 22.9 Å². The van der Waals surface area contributed by atoms with E-state index in [0.717, 1.165) is 23.7 Å². The molecule has 2 N–H and O–H groups in total. The predicted octanol–water partition coefficient (Wildman–Crippen LogP) is 4.09. The van der Waals surface area contributed by atoms with E-state index in [4.69, 9.17) is 33.4 Å². The smallest absolute Gasteiger partial charge is 0.255 e. The third-order valence-electron chi connectivity index (χ3n) is 7.40. The highest BCUT2D eigenvalue weighted by Crippen LogP contribution is 2.35. The molecule has 0 spiro atoms. The normalized spacial score (nSPS) is 17.1. The summed E-state index contributed by atoms with van der Waals surface area (Å²) in [6.45, 7) is 1.07. The Morgan fingerprint density at radius 3 is 2.63 bits per heavy atom. The molecule has 6 rings (SSSR count). The van der Waals surface area contributed by atoms with Crippen molar-refractivity contribution in [3.05, 3.63) is 40.1 Å². The highest BCUT2D eigenvalue weighted by molar-refractivity contribution is 6.42. The number of nitrogens with zero attached hydrogens (tertiary/aromatic N) is 6. The molecule has 1 aliphatic heterocycles. The van der Waals surface area contributed by atoms with Gasteiger partial charge in [-0.25, -0.2) is 9.97 Å². The second-order valence-electron chi connectivity index (χ2n) is 9.93. The van der Waals surface area contributed by atoms with Gasteiger partial charge in [0.05, 0.1) is 33.4 Å². The summed E-state index contributed by atoms with van der Waals surface area (Å²) >= 11 is 12.5. The molecule has 2 amide bonds. The van der Waals surface area contributed by atoms with Crippen molar-refractivity contribution in [3.8, 4) is 17.5 Å². The number of nitriles is 1. The lowest BCUT2D eigenvalue weighted by atomic mass is 9.97. The van der Waals surface area contributed by atoms with Crippen LogP contribution >= 0.6 is 23.2 Å². The predicted molar refractivity (Wildman–Crippen MR) is 143 cm³/mol. The minimum atomic E-state index is -0.603. The quantitative estimate of drug-likeness (QED) is 0.384. The van der Waals surface area contributed by atoms with E-state index in [1.807, 2.05) is 0 Å². The number of aryl methyl sites for hydroxylation is 1. The number of aromatic amines is 1. The van der Waals surface area contributed by atoms with E-state index >= 15 is 0 Å². The number of nitrogens with one attached hydrogen (secondary N) is 2. The summed E-state index contributed by atoms with van der Waals surface area (Å²) in [5.41, 5.74) is 2.97. The molecular formula is C26H24Cl2N8O2. The van der Waals surface area contributed by atoms with E-state index in [2.05, 4.69) is 26.5 Å². The first kappa shape index (κ1) is 24.6. The van der Waals surface area contributed by atoms with Crippen LogP contribution in [0.15, 0.2) is 24.5 Å². The average Bonchev–Trinajstić information content (AvgIpc) is 3.61. The van der Waals surface area contributed by atoms with Gasteiger partial charge >= 0.3 is 0 Å². The van der Waals surface area contributed by atoms with Crippen molar-refractivity contribution in [1.82, 2.24) is 34.9 Å². The number of fused-ring (bicyclic) bond motifs is 2. The lowest BCUT2D eigenvalue weighted by Crippen LogP contribution is -2.51. The van der Waals surface area contributed by atoms with E-state index in [0.29, 0.717) is 64.1 Å². The molecule has 1 saturated heterocycles. The maximum absolute atomic E-state index is 13.4. The summed E-state index contributed by atoms with van der Waals surface area (Å²) in [7, 11) is 1.80. The molecule has 1 atom stereocenters. The molecule has 1 saturated carbocycles. The molecule has 3 aromatic heterocycles. The van der Waals surface area contributed by atoms with E-state index in [1.54, 1.807) is 41.2 Å². The Hall–Kier alpha value is -3.68. The van der Waals surface area contributed by atoms with Crippen LogP contribution in [0.1, 0.15) is 36.0 Å². The number of likely N-dealkylation sites (tertiary alicyclic amines) is 1. The SMILES string of the molecule is Cn1nc(-c2cnc3[nH]cc(C(=O)N[C@@H](C(=O)N4CCC(C#N)CC4)C4CC4)c3n2)c2cc(Cl)c(Cl)cc21. The minimum Gasteiger partial charge on any atom is -0.344 e. The van der Waals surface area contributed by atoms with Gasteiger partial charge in [0.15, 0.2) is 5.65 Å². The van der Waals surface area contributed by atoms with Crippen molar-refractivity contribution in [2.24, 2.45) is 18.9 Å². The van der Waals surface area contributed by atoms with Crippen LogP contribution in [0.3, 0.4) is 0 Å². The average molecular weight is 551 g/mol. The van der Waals surface area contributed by atoms with Crippen molar-refractivity contribution in [2.45, 2.75) is 31.7 Å². The Kier molecular flexibility index (Phi) is 6.20. The molecule has 1 aliphatic carbocycles. The number of benzene rings is 1. The topological polar surface area (TPSA) is 133 Å². The van der Waals surface area contributed by atoms with Gasteiger partial charge in [-0.15, -0.1) is 0 Å². The van der Waals surface area contributed by atoms with Gasteiger partial charge in [-0.2, -0.15) is 10.4 Å². The molecule has 0 unspecified atom stereocenters. The second-order valence-corrected chi connectivity index (χ2v) is 10.7. The number of amides is 2. The molecular weight excluding hydrogens is 527 g/mol. The molecule has 4 aromatic rings. The van der Waals surface area contributed by atoms with E-state index < -0.39 is 6.04 Å². The molecule has 0 radical (unpaired) electrons. The molecule has 194 valence electrons. The van der Waals surface area contributed by atoms with Crippen molar-refractivity contribution in [1.29, 1.82) is 5.26 Å². The van der Waals surface area contributed by atoms with E-state index in [1.165, 1.54) is 0 Å². The van der Waals surface area contributed by atoms with Crippen LogP contribution < -0.4 is 5.32 Å². The van der Waals surface area contributed by atoms with Crippen molar-refractivity contribution >= 4 is 57.1 Å². The maximum atomic E-state index is 13.4. The van der Waals surface area contributed by atoms with Crippen molar-refractivity contribution in [2.75, 3.05) is 13.1 Å². The first-order chi connectivity index (χ1) is 18.3. The number of H-pyrrole nitrogens is 1. The van der Waals surface area contributed by atoms with E-state index in [9.17, 15) is 9.59 Å². The zero-order valence-electron chi connectivity index (χ0n) is 20.5. The number of hydrogen-bond acceptors (Lipinski definition) is 6. The fraction of sp³-hybridized carbons (Fsp3) is 0.385. The van der Waals surface area contributed by atoms with Gasteiger partial charge in [-0.05, 0) is 43.7 Å². The number of carbonyl (C=O) groups is 2. The fourth-order valence-electron chi connectivity index (χ4n) is 5.07. The van der Waals surface area contributed by atoms with Crippen molar-refractivity contribution < 1.29 is 9.59 Å². The van der Waals surface area contributed by atoms with Crippen LogP contribution in [0.5, 0.6) is 0 Å². The third kappa shape index (κ3) is 4.36. The summed E-state index contributed by atoms with van der Waals surface area (Å²) < 4.78 is 1.69. The molecule has 2 fully saturated rings. The highest BCUT2D eigenvalue weighted by atomic mass is 35.5. The summed E-state index contributed by atoms with van der Waals surface area (Å²) in [4.78, 5) is 40.7. The summed E-state index contributed by atoms with van der Waals surface area (Å²) in [6, 6.07) is 5.17. The molecule has 10 nitrogen and oxygen atoms in total. The second kappa shape index (κ2) is 9.57. The Labute approximate surface area is 227 Å². The van der Waals surface area contributed by atoms with Crippen LogP contribution in [0, 0.1) is 23.2 Å². The van der Waals surface area contributed by atoms with Crippen LogP contribution in [0.25, 0.3) is 33.5 Å². The molecule has 4 heterocycles. The summed E-state index contributed by atoms with van der Waals surface area (Å²) in [6.07, 6.45) is 6.25. The van der Waals surface area contributed by atoms with Crippen LogP contribution in [0.4, 0.5) is 0 Å². The van der Waals surface area contributed by atoms with Gasteiger partial charge in [0.25, 0.3) is 5.91 Å². The molecule has 12 heteroatoms. The Balaban J connectivity index is 1.29. The van der Waals surface area contributed by atoms with Crippen LogP contribution in [0.2, 0.25) is 10.0 Å². The standard InChI is InChI=1S/C26H24Cl2N8O2/c1-35-20-9-18(28)17(27)8-15(20)22(34-35)19-12-31-24-23(32-19)16(11-30-24)25(37)33-21(14-2-3-14)26(38)36-6-4-13(10-29)5-7-36/h8-9,11-14,21H,2-7H2,1H3,(H,30,31)(H,33,37)/t21-/m1/s1. The number of piperidine rings is 1. The molecule has 1 aromatic carbocycles. The third-order valence-corrected chi connectivity index (χ3v) is 8.12. The zero-order valence-corrected chi connectivity index (χ0v) is 22.1.